The Kier molecular flexibility index (Phi) is 2.82. The Morgan fingerprint density at radius 2 is 2.24 bits per heavy atom. The predicted octanol–water partition coefficient (Wildman–Crippen LogP) is 0.722. The van der Waals surface area contributed by atoms with Crippen molar-refractivity contribution in [1.29, 1.82) is 0 Å². The van der Waals surface area contributed by atoms with E-state index in [9.17, 15) is 9.59 Å². The van der Waals surface area contributed by atoms with Gasteiger partial charge in [-0.3, -0.25) is 4.98 Å². The lowest BCUT2D eigenvalue weighted by atomic mass is 10.3. The smallest absolute Gasteiger partial charge is 0.362 e. The Bertz CT molecular complexity index is 550. The van der Waals surface area contributed by atoms with Crippen molar-refractivity contribution in [1.82, 2.24) is 15.0 Å². The van der Waals surface area contributed by atoms with Gasteiger partial charge >= 0.3 is 11.9 Å². The van der Waals surface area contributed by atoms with Gasteiger partial charge in [-0.1, -0.05) is 0 Å². The standard InChI is InChI=1S/C10H7N3O4/c14-9(15)7-8(13-5-12-7)10(16)17-6-2-1-3-11-4-6/h1-5H,(H,12,13)(H,14,15). The molecule has 0 radical (unpaired) electrons. The molecule has 7 heteroatoms. The zero-order chi connectivity index (χ0) is 12.3. The number of H-pyrrole nitrogens is 1. The Balaban J connectivity index is 2.21. The third-order valence-electron chi connectivity index (χ3n) is 1.89. The molecule has 2 N–H and O–H groups in total. The van der Waals surface area contributed by atoms with Gasteiger partial charge in [-0.25, -0.2) is 14.6 Å². The van der Waals surface area contributed by atoms with Gasteiger partial charge in [0.05, 0.1) is 12.5 Å². The number of rotatable bonds is 3. The molecular formula is C10H7N3O4. The van der Waals surface area contributed by atoms with Crippen LogP contribution in [0.2, 0.25) is 0 Å². The topological polar surface area (TPSA) is 105 Å². The normalized spacial score (nSPS) is 9.88. The van der Waals surface area contributed by atoms with Crippen molar-refractivity contribution < 1.29 is 19.4 Å². The summed E-state index contributed by atoms with van der Waals surface area (Å²) in [7, 11) is 0. The summed E-state index contributed by atoms with van der Waals surface area (Å²) in [4.78, 5) is 32.0. The quantitative estimate of drug-likeness (QED) is 0.757. The molecule has 86 valence electrons. The monoisotopic (exact) mass is 233 g/mol. The highest BCUT2D eigenvalue weighted by atomic mass is 16.5. The van der Waals surface area contributed by atoms with Gasteiger partial charge in [-0.2, -0.15) is 0 Å². The fraction of sp³-hybridized carbons (Fsp3) is 0. The summed E-state index contributed by atoms with van der Waals surface area (Å²) in [6.45, 7) is 0. The molecule has 2 rings (SSSR count). The van der Waals surface area contributed by atoms with Gasteiger partial charge < -0.3 is 14.8 Å². The second-order valence-corrected chi connectivity index (χ2v) is 3.01. The fourth-order valence-electron chi connectivity index (χ4n) is 1.18. The molecule has 17 heavy (non-hydrogen) atoms. The van der Waals surface area contributed by atoms with Gasteiger partial charge in [-0.05, 0) is 12.1 Å². The van der Waals surface area contributed by atoms with Crippen LogP contribution in [0.5, 0.6) is 5.75 Å². The lowest BCUT2D eigenvalue weighted by Gasteiger charge is -2.01. The molecule has 7 nitrogen and oxygen atoms in total. The van der Waals surface area contributed by atoms with Crippen LogP contribution in [0.15, 0.2) is 30.9 Å². The van der Waals surface area contributed by atoms with E-state index in [2.05, 4.69) is 15.0 Å². The number of pyridine rings is 1. The number of nitrogens with zero attached hydrogens (tertiary/aromatic N) is 2. The van der Waals surface area contributed by atoms with E-state index in [1.807, 2.05) is 0 Å². The fourth-order valence-corrected chi connectivity index (χ4v) is 1.18. The summed E-state index contributed by atoms with van der Waals surface area (Å²) in [6.07, 6.45) is 3.98. The third kappa shape index (κ3) is 2.28. The minimum absolute atomic E-state index is 0.207. The molecule has 2 aromatic heterocycles. The molecule has 0 spiro atoms. The highest BCUT2D eigenvalue weighted by molar-refractivity contribution is 6.00. The van der Waals surface area contributed by atoms with Crippen LogP contribution in [0.3, 0.4) is 0 Å². The van der Waals surface area contributed by atoms with Crippen LogP contribution in [0, 0.1) is 0 Å². The van der Waals surface area contributed by atoms with E-state index in [0.29, 0.717) is 0 Å². The van der Waals surface area contributed by atoms with Crippen LogP contribution in [-0.2, 0) is 0 Å². The molecule has 0 fully saturated rings. The van der Waals surface area contributed by atoms with Crippen LogP contribution in [0.1, 0.15) is 21.0 Å². The second-order valence-electron chi connectivity index (χ2n) is 3.01. The van der Waals surface area contributed by atoms with Gasteiger partial charge in [0.1, 0.15) is 5.75 Å². The zero-order valence-corrected chi connectivity index (χ0v) is 8.45. The number of esters is 1. The molecule has 0 bridgehead atoms. The van der Waals surface area contributed by atoms with Crippen molar-refractivity contribution in [3.63, 3.8) is 0 Å². The van der Waals surface area contributed by atoms with Crippen LogP contribution < -0.4 is 4.74 Å². The van der Waals surface area contributed by atoms with E-state index in [4.69, 9.17) is 9.84 Å². The summed E-state index contributed by atoms with van der Waals surface area (Å²) < 4.78 is 4.91. The van der Waals surface area contributed by atoms with Crippen LogP contribution in [0.4, 0.5) is 0 Å². The minimum Gasteiger partial charge on any atom is -0.476 e. The lowest BCUT2D eigenvalue weighted by molar-refractivity contribution is 0.0661. The van der Waals surface area contributed by atoms with E-state index in [-0.39, 0.29) is 17.1 Å². The number of aromatic nitrogens is 3. The number of hydrogen-bond acceptors (Lipinski definition) is 5. The van der Waals surface area contributed by atoms with E-state index in [1.54, 1.807) is 6.07 Å². The van der Waals surface area contributed by atoms with Crippen molar-refractivity contribution in [3.8, 4) is 5.75 Å². The maximum Gasteiger partial charge on any atom is 0.362 e. The van der Waals surface area contributed by atoms with Gasteiger partial charge in [0.25, 0.3) is 0 Å². The van der Waals surface area contributed by atoms with Crippen molar-refractivity contribution in [2.75, 3.05) is 0 Å². The third-order valence-corrected chi connectivity index (χ3v) is 1.89. The number of nitrogens with one attached hydrogen (secondary N) is 1. The Hall–Kier alpha value is -2.70. The van der Waals surface area contributed by atoms with Crippen molar-refractivity contribution >= 4 is 11.9 Å². The van der Waals surface area contributed by atoms with Crippen molar-refractivity contribution in [2.45, 2.75) is 0 Å². The number of carboxylic acid groups (broad SMARTS) is 1. The summed E-state index contributed by atoms with van der Waals surface area (Å²) in [6, 6.07) is 3.12. The van der Waals surface area contributed by atoms with E-state index in [0.717, 1.165) is 6.33 Å². The number of imidazole rings is 1. The zero-order valence-electron chi connectivity index (χ0n) is 8.45. The second kappa shape index (κ2) is 4.44. The molecule has 0 aliphatic heterocycles. The number of hydrogen-bond donors (Lipinski definition) is 2. The molecule has 0 saturated heterocycles. The highest BCUT2D eigenvalue weighted by Gasteiger charge is 2.21. The first-order chi connectivity index (χ1) is 8.18. The molecular weight excluding hydrogens is 226 g/mol. The van der Waals surface area contributed by atoms with Gasteiger partial charge in [0.15, 0.2) is 11.4 Å². The Morgan fingerprint density at radius 3 is 2.88 bits per heavy atom. The number of carbonyl (C=O) groups is 2. The molecule has 0 atom stereocenters. The van der Waals surface area contributed by atoms with E-state index < -0.39 is 11.9 Å². The van der Waals surface area contributed by atoms with Crippen LogP contribution >= 0.6 is 0 Å². The summed E-state index contributed by atoms with van der Waals surface area (Å²) in [5, 5.41) is 8.77. The number of aromatic carboxylic acids is 1. The van der Waals surface area contributed by atoms with Crippen molar-refractivity contribution in [2.24, 2.45) is 0 Å². The van der Waals surface area contributed by atoms with Crippen LogP contribution in [-0.4, -0.2) is 32.0 Å². The minimum atomic E-state index is -1.30. The average molecular weight is 233 g/mol. The first-order valence-corrected chi connectivity index (χ1v) is 4.57. The number of carbonyl (C=O) groups excluding carboxylic acids is 1. The molecule has 0 unspecified atom stereocenters. The molecule has 0 saturated carbocycles. The van der Waals surface area contributed by atoms with E-state index in [1.165, 1.54) is 18.5 Å². The van der Waals surface area contributed by atoms with E-state index >= 15 is 0 Å². The predicted molar refractivity (Wildman–Crippen MR) is 54.7 cm³/mol. The lowest BCUT2D eigenvalue weighted by Crippen LogP contribution is -2.14. The Labute approximate surface area is 95.1 Å². The molecule has 0 aromatic carbocycles. The number of aromatic amines is 1. The first-order valence-electron chi connectivity index (χ1n) is 4.57. The largest absolute Gasteiger partial charge is 0.476 e. The molecule has 0 aliphatic carbocycles. The average Bonchev–Trinajstić information content (AvgIpc) is 2.79. The molecule has 2 aromatic rings. The SMILES string of the molecule is O=C(O)c1nc[nH]c1C(=O)Oc1cccnc1. The molecule has 0 aliphatic rings. The Morgan fingerprint density at radius 1 is 1.41 bits per heavy atom. The first kappa shape index (κ1) is 10.8. The summed E-state index contributed by atoms with van der Waals surface area (Å²) >= 11 is 0. The molecule has 0 amide bonds. The van der Waals surface area contributed by atoms with Crippen molar-refractivity contribution in [3.05, 3.63) is 42.2 Å². The van der Waals surface area contributed by atoms with Crippen LogP contribution in [0.25, 0.3) is 0 Å². The molecule has 2 heterocycles. The number of ether oxygens (including phenoxy) is 1. The number of carboxylic acids is 1. The van der Waals surface area contributed by atoms with Gasteiger partial charge in [-0.15, -0.1) is 0 Å². The highest BCUT2D eigenvalue weighted by Crippen LogP contribution is 2.11. The maximum absolute atomic E-state index is 11.6. The summed E-state index contributed by atoms with van der Waals surface area (Å²) in [5.74, 6) is -1.90. The maximum atomic E-state index is 11.6. The summed E-state index contributed by atoms with van der Waals surface area (Å²) in [5.41, 5.74) is -0.583. The van der Waals surface area contributed by atoms with Gasteiger partial charge in [0, 0.05) is 6.20 Å². The van der Waals surface area contributed by atoms with Gasteiger partial charge in [0.2, 0.25) is 0 Å².